The maximum absolute atomic E-state index is 11.9. The van der Waals surface area contributed by atoms with Crippen molar-refractivity contribution in [3.63, 3.8) is 0 Å². The largest absolute Gasteiger partial charge is 0.496 e. The first-order valence-corrected chi connectivity index (χ1v) is 12.5. The molecule has 2 heterocycles. The Morgan fingerprint density at radius 3 is 2.65 bits per heavy atom. The third-order valence-electron chi connectivity index (χ3n) is 6.62. The van der Waals surface area contributed by atoms with Gasteiger partial charge in [0.1, 0.15) is 5.75 Å². The van der Waals surface area contributed by atoms with Gasteiger partial charge in [-0.2, -0.15) is 0 Å². The molecule has 37 heavy (non-hydrogen) atoms. The number of methoxy groups -OCH3 is 2. The number of benzene rings is 3. The smallest absolute Gasteiger partial charge is 0.337 e. The van der Waals surface area contributed by atoms with Crippen LogP contribution in [-0.4, -0.2) is 29.7 Å². The maximum atomic E-state index is 11.9. The monoisotopic (exact) mass is 513 g/mol. The predicted octanol–water partition coefficient (Wildman–Crippen LogP) is 6.44. The van der Waals surface area contributed by atoms with E-state index in [0.717, 1.165) is 63.7 Å². The fourth-order valence-electron chi connectivity index (χ4n) is 4.76. The Morgan fingerprint density at radius 2 is 1.84 bits per heavy atom. The molecule has 188 valence electrons. The van der Waals surface area contributed by atoms with Crippen LogP contribution < -0.4 is 10.5 Å². The molecular formula is C30H28ClN3O3. The number of aromatic nitrogens is 2. The number of nitrogens with two attached hydrogens (primary N) is 1. The van der Waals surface area contributed by atoms with Crippen molar-refractivity contribution in [2.24, 2.45) is 0 Å². The predicted molar refractivity (Wildman–Crippen MR) is 149 cm³/mol. The standard InChI is InChI=1S/C30H28ClN3O3/c1-36-29-15-21(30(35)37-2)6-5-20(29)14-22-18-34(28-12-10-24(32)17-26(22)28)13-3-4-25-11-8-19-7-9-23(31)16-27(19)33-25/h5-12,15-18H,3-4,13-14,32H2,1-2H3. The number of pyridine rings is 1. The van der Waals surface area contributed by atoms with Gasteiger partial charge < -0.3 is 19.8 Å². The Morgan fingerprint density at radius 1 is 1.00 bits per heavy atom. The molecule has 2 aromatic heterocycles. The van der Waals surface area contributed by atoms with E-state index in [4.69, 9.17) is 31.8 Å². The van der Waals surface area contributed by atoms with E-state index in [2.05, 4.69) is 29.0 Å². The van der Waals surface area contributed by atoms with E-state index in [-0.39, 0.29) is 0 Å². The summed E-state index contributed by atoms with van der Waals surface area (Å²) in [6.45, 7) is 0.841. The van der Waals surface area contributed by atoms with Crippen LogP contribution in [0.3, 0.4) is 0 Å². The van der Waals surface area contributed by atoms with Gasteiger partial charge in [0.15, 0.2) is 0 Å². The summed E-state index contributed by atoms with van der Waals surface area (Å²) in [5.74, 6) is 0.258. The molecule has 7 heteroatoms. The molecule has 0 amide bonds. The molecular weight excluding hydrogens is 486 g/mol. The van der Waals surface area contributed by atoms with Crippen molar-refractivity contribution in [2.75, 3.05) is 20.0 Å². The van der Waals surface area contributed by atoms with Gasteiger partial charge in [0.2, 0.25) is 0 Å². The van der Waals surface area contributed by atoms with Gasteiger partial charge in [0, 0.05) is 51.9 Å². The van der Waals surface area contributed by atoms with Crippen LogP contribution in [0.15, 0.2) is 72.9 Å². The number of carbonyl (C=O) groups is 1. The van der Waals surface area contributed by atoms with Crippen LogP contribution in [0.5, 0.6) is 5.75 Å². The van der Waals surface area contributed by atoms with Gasteiger partial charge in [0.25, 0.3) is 0 Å². The van der Waals surface area contributed by atoms with Crippen LogP contribution in [-0.2, 0) is 24.1 Å². The summed E-state index contributed by atoms with van der Waals surface area (Å²) in [5, 5.41) is 2.89. The van der Waals surface area contributed by atoms with Gasteiger partial charge in [0.05, 0.1) is 25.3 Å². The van der Waals surface area contributed by atoms with E-state index >= 15 is 0 Å². The molecule has 0 aliphatic rings. The molecule has 2 N–H and O–H groups in total. The third kappa shape index (κ3) is 5.25. The zero-order chi connectivity index (χ0) is 25.9. The fourth-order valence-corrected chi connectivity index (χ4v) is 4.92. The van der Waals surface area contributed by atoms with E-state index in [1.807, 2.05) is 36.4 Å². The summed E-state index contributed by atoms with van der Waals surface area (Å²) in [4.78, 5) is 16.7. The molecule has 0 spiro atoms. The number of fused-ring (bicyclic) bond motifs is 2. The van der Waals surface area contributed by atoms with E-state index in [9.17, 15) is 4.79 Å². The zero-order valence-electron chi connectivity index (χ0n) is 20.8. The molecule has 0 aliphatic heterocycles. The quantitative estimate of drug-likeness (QED) is 0.191. The van der Waals surface area contributed by atoms with Crippen LogP contribution in [0.25, 0.3) is 21.8 Å². The van der Waals surface area contributed by atoms with Gasteiger partial charge in [-0.3, -0.25) is 4.98 Å². The first kappa shape index (κ1) is 24.7. The molecule has 0 radical (unpaired) electrons. The Hall–Kier alpha value is -4.03. The molecule has 0 bridgehead atoms. The molecule has 0 aliphatic carbocycles. The Balaban J connectivity index is 1.38. The van der Waals surface area contributed by atoms with E-state index in [1.54, 1.807) is 19.2 Å². The minimum absolute atomic E-state index is 0.391. The Labute approximate surface area is 220 Å². The van der Waals surface area contributed by atoms with Crippen molar-refractivity contribution in [3.8, 4) is 5.75 Å². The Kier molecular flexibility index (Phi) is 7.01. The highest BCUT2D eigenvalue weighted by Crippen LogP contribution is 2.30. The SMILES string of the molecule is COC(=O)c1ccc(Cc2cn(CCCc3ccc4ccc(Cl)cc4n3)c3ccc(N)cc23)c(OC)c1. The number of halogens is 1. The zero-order valence-corrected chi connectivity index (χ0v) is 21.6. The number of ether oxygens (including phenoxy) is 2. The molecule has 0 saturated carbocycles. The number of rotatable bonds is 8. The summed E-state index contributed by atoms with van der Waals surface area (Å²) < 4.78 is 12.7. The molecule has 3 aromatic carbocycles. The Bertz CT molecular complexity index is 1610. The number of nitrogens with zero attached hydrogens (tertiary/aromatic N) is 2. The molecule has 6 nitrogen and oxygen atoms in total. The van der Waals surface area contributed by atoms with Crippen LogP contribution in [0.2, 0.25) is 5.02 Å². The second-order valence-corrected chi connectivity index (χ2v) is 9.50. The number of hydrogen-bond donors (Lipinski definition) is 1. The highest BCUT2D eigenvalue weighted by atomic mass is 35.5. The number of hydrogen-bond acceptors (Lipinski definition) is 5. The van der Waals surface area contributed by atoms with Crippen LogP contribution in [0, 0.1) is 0 Å². The normalized spacial score (nSPS) is 11.2. The summed E-state index contributed by atoms with van der Waals surface area (Å²) in [6.07, 6.45) is 4.62. The average Bonchev–Trinajstić information content (AvgIpc) is 3.24. The van der Waals surface area contributed by atoms with Crippen molar-refractivity contribution in [3.05, 3.63) is 100 Å². The van der Waals surface area contributed by atoms with E-state index in [0.29, 0.717) is 22.8 Å². The minimum Gasteiger partial charge on any atom is -0.496 e. The summed E-state index contributed by atoms with van der Waals surface area (Å²) >= 11 is 6.15. The lowest BCUT2D eigenvalue weighted by molar-refractivity contribution is 0.0600. The number of esters is 1. The van der Waals surface area contributed by atoms with Gasteiger partial charge in [-0.15, -0.1) is 0 Å². The van der Waals surface area contributed by atoms with Crippen LogP contribution in [0.4, 0.5) is 5.69 Å². The van der Waals surface area contributed by atoms with Gasteiger partial charge in [-0.1, -0.05) is 29.8 Å². The second-order valence-electron chi connectivity index (χ2n) is 9.06. The molecule has 0 unspecified atom stereocenters. The second kappa shape index (κ2) is 10.5. The van der Waals surface area contributed by atoms with Crippen LogP contribution in [0.1, 0.15) is 33.6 Å². The van der Waals surface area contributed by atoms with E-state index in [1.165, 1.54) is 7.11 Å². The highest BCUT2D eigenvalue weighted by Gasteiger charge is 2.15. The van der Waals surface area contributed by atoms with Crippen molar-refractivity contribution in [1.29, 1.82) is 0 Å². The number of anilines is 1. The molecule has 0 fully saturated rings. The molecule has 0 atom stereocenters. The van der Waals surface area contributed by atoms with E-state index < -0.39 is 5.97 Å². The number of nitrogen functional groups attached to an aromatic ring is 1. The molecule has 5 rings (SSSR count). The maximum Gasteiger partial charge on any atom is 0.337 e. The van der Waals surface area contributed by atoms with Gasteiger partial charge in [-0.25, -0.2) is 4.79 Å². The number of aryl methyl sites for hydroxylation is 2. The fraction of sp³-hybridized carbons (Fsp3) is 0.200. The van der Waals surface area contributed by atoms with Crippen molar-refractivity contribution >= 4 is 45.1 Å². The van der Waals surface area contributed by atoms with Crippen molar-refractivity contribution in [1.82, 2.24) is 9.55 Å². The highest BCUT2D eigenvalue weighted by molar-refractivity contribution is 6.31. The first-order valence-electron chi connectivity index (χ1n) is 12.1. The first-order chi connectivity index (χ1) is 17.9. The summed E-state index contributed by atoms with van der Waals surface area (Å²) in [6, 6.07) is 21.4. The molecule has 5 aromatic rings. The lowest BCUT2D eigenvalue weighted by atomic mass is 10.0. The number of carbonyl (C=O) groups excluding carboxylic acids is 1. The topological polar surface area (TPSA) is 79.4 Å². The molecule has 0 saturated heterocycles. The lowest BCUT2D eigenvalue weighted by Crippen LogP contribution is -2.03. The van der Waals surface area contributed by atoms with Gasteiger partial charge >= 0.3 is 5.97 Å². The third-order valence-corrected chi connectivity index (χ3v) is 6.86. The van der Waals surface area contributed by atoms with Crippen LogP contribution >= 0.6 is 11.6 Å². The average molecular weight is 514 g/mol. The van der Waals surface area contributed by atoms with Crippen molar-refractivity contribution in [2.45, 2.75) is 25.8 Å². The van der Waals surface area contributed by atoms with Gasteiger partial charge in [-0.05, 0) is 72.5 Å². The summed E-state index contributed by atoms with van der Waals surface area (Å²) in [7, 11) is 2.98. The van der Waals surface area contributed by atoms with Crippen molar-refractivity contribution < 1.29 is 14.3 Å². The summed E-state index contributed by atoms with van der Waals surface area (Å²) in [5.41, 5.74) is 12.6. The minimum atomic E-state index is -0.391. The lowest BCUT2D eigenvalue weighted by Gasteiger charge is -2.10.